The smallest absolute Gasteiger partial charge is 0.301 e. The molecule has 1 atom stereocenters. The van der Waals surface area contributed by atoms with E-state index in [1.54, 1.807) is 31.4 Å². The molecule has 8 heteroatoms. The molecule has 5 rings (SSSR count). The molecule has 1 fully saturated rings. The molecular formula is C30H28N2O5S. The minimum Gasteiger partial charge on any atom is -0.507 e. The molecule has 1 aliphatic rings. The number of aliphatic hydroxyl groups excluding tert-OH is 1. The molecule has 1 aliphatic heterocycles. The number of Topliss-reactive ketones (excluding diaryl/α,β-unsaturated/α-hetero) is 1. The zero-order chi connectivity index (χ0) is 26.8. The first-order chi connectivity index (χ1) is 18.4. The van der Waals surface area contributed by atoms with Crippen LogP contribution in [0.2, 0.25) is 0 Å². The Balaban J connectivity index is 1.67. The van der Waals surface area contributed by atoms with Crippen LogP contribution in [-0.2, 0) is 9.59 Å². The Morgan fingerprint density at radius 2 is 1.84 bits per heavy atom. The molecule has 1 unspecified atom stereocenters. The maximum absolute atomic E-state index is 13.5. The van der Waals surface area contributed by atoms with Crippen LogP contribution in [0.25, 0.3) is 16.0 Å². The fourth-order valence-corrected chi connectivity index (χ4v) is 5.57. The van der Waals surface area contributed by atoms with Gasteiger partial charge in [-0.15, -0.1) is 0 Å². The Morgan fingerprint density at radius 3 is 2.58 bits per heavy atom. The summed E-state index contributed by atoms with van der Waals surface area (Å²) < 4.78 is 12.0. The first-order valence-corrected chi connectivity index (χ1v) is 13.3. The number of aliphatic hydroxyl groups is 1. The maximum atomic E-state index is 13.5. The molecule has 0 radical (unpaired) electrons. The fraction of sp³-hybridized carbons (Fsp3) is 0.233. The van der Waals surface area contributed by atoms with Crippen molar-refractivity contribution in [2.24, 2.45) is 0 Å². The van der Waals surface area contributed by atoms with E-state index in [0.717, 1.165) is 28.6 Å². The number of carbonyl (C=O) groups excluding carboxylic acids is 2. The number of anilines is 1. The molecule has 0 spiro atoms. The van der Waals surface area contributed by atoms with E-state index in [2.05, 4.69) is 11.9 Å². The maximum Gasteiger partial charge on any atom is 0.301 e. The summed E-state index contributed by atoms with van der Waals surface area (Å²) in [7, 11) is 1.55. The van der Waals surface area contributed by atoms with E-state index in [1.165, 1.54) is 16.2 Å². The number of amides is 1. The number of ketones is 1. The SMILES string of the molecule is CCCCOc1cccc(C2/C(=C(\O)c3ccc(OC)cc3)C(=O)C(=O)N2c2nc3ccc(C)cc3s2)c1. The lowest BCUT2D eigenvalue weighted by molar-refractivity contribution is -0.132. The molecule has 1 amide bonds. The van der Waals surface area contributed by atoms with Gasteiger partial charge in [0, 0.05) is 5.56 Å². The lowest BCUT2D eigenvalue weighted by Gasteiger charge is -2.23. The van der Waals surface area contributed by atoms with Crippen LogP contribution in [0.3, 0.4) is 0 Å². The number of aryl methyl sites for hydroxylation is 1. The highest BCUT2D eigenvalue weighted by molar-refractivity contribution is 7.22. The zero-order valence-corrected chi connectivity index (χ0v) is 22.2. The third-order valence-corrected chi connectivity index (χ3v) is 7.50. The highest BCUT2D eigenvalue weighted by Crippen LogP contribution is 2.45. The van der Waals surface area contributed by atoms with Crippen LogP contribution in [0, 0.1) is 6.92 Å². The monoisotopic (exact) mass is 528 g/mol. The molecule has 7 nitrogen and oxygen atoms in total. The average Bonchev–Trinajstić information content (AvgIpc) is 3.46. The number of ether oxygens (including phenoxy) is 2. The van der Waals surface area contributed by atoms with E-state index < -0.39 is 17.7 Å². The van der Waals surface area contributed by atoms with Gasteiger partial charge in [-0.2, -0.15) is 0 Å². The fourth-order valence-electron chi connectivity index (χ4n) is 4.48. The van der Waals surface area contributed by atoms with Crippen LogP contribution in [0.4, 0.5) is 5.13 Å². The summed E-state index contributed by atoms with van der Waals surface area (Å²) in [6.07, 6.45) is 1.91. The van der Waals surface area contributed by atoms with Gasteiger partial charge in [0.2, 0.25) is 0 Å². The Hall–Kier alpha value is -4.17. The second-order valence-corrected chi connectivity index (χ2v) is 10.1. The number of hydrogen-bond donors (Lipinski definition) is 1. The number of aromatic nitrogens is 1. The summed E-state index contributed by atoms with van der Waals surface area (Å²) in [5.41, 5.74) is 2.86. The zero-order valence-electron chi connectivity index (χ0n) is 21.4. The van der Waals surface area contributed by atoms with Gasteiger partial charge in [0.15, 0.2) is 5.13 Å². The summed E-state index contributed by atoms with van der Waals surface area (Å²) in [5, 5.41) is 11.8. The molecule has 1 saturated heterocycles. The number of methoxy groups -OCH3 is 1. The number of fused-ring (bicyclic) bond motifs is 1. The molecule has 38 heavy (non-hydrogen) atoms. The van der Waals surface area contributed by atoms with E-state index in [4.69, 9.17) is 9.47 Å². The van der Waals surface area contributed by atoms with E-state index in [-0.39, 0.29) is 11.3 Å². The van der Waals surface area contributed by atoms with E-state index in [9.17, 15) is 14.7 Å². The highest BCUT2D eigenvalue weighted by atomic mass is 32.1. The number of nitrogens with zero attached hydrogens (tertiary/aromatic N) is 2. The molecule has 3 aromatic carbocycles. The quantitative estimate of drug-likeness (QED) is 0.123. The van der Waals surface area contributed by atoms with Gasteiger partial charge in [0.25, 0.3) is 5.78 Å². The van der Waals surface area contributed by atoms with Crippen LogP contribution >= 0.6 is 11.3 Å². The molecule has 0 bridgehead atoms. The molecule has 1 aromatic heterocycles. The van der Waals surface area contributed by atoms with Gasteiger partial charge in [-0.05, 0) is 73.0 Å². The van der Waals surface area contributed by atoms with Crippen molar-refractivity contribution in [3.63, 3.8) is 0 Å². The predicted octanol–water partition coefficient (Wildman–Crippen LogP) is 6.42. The minimum absolute atomic E-state index is 0.00121. The van der Waals surface area contributed by atoms with Gasteiger partial charge in [-0.1, -0.05) is 42.9 Å². The first kappa shape index (κ1) is 25.5. The number of benzene rings is 3. The van der Waals surface area contributed by atoms with Gasteiger partial charge in [-0.25, -0.2) is 4.98 Å². The van der Waals surface area contributed by atoms with Gasteiger partial charge in [0.1, 0.15) is 17.3 Å². The number of thiazole rings is 1. The first-order valence-electron chi connectivity index (χ1n) is 12.5. The topological polar surface area (TPSA) is 89.0 Å². The second-order valence-electron chi connectivity index (χ2n) is 9.14. The molecule has 0 saturated carbocycles. The van der Waals surface area contributed by atoms with Crippen LogP contribution in [-0.4, -0.2) is 35.5 Å². The van der Waals surface area contributed by atoms with Crippen LogP contribution < -0.4 is 14.4 Å². The Labute approximate surface area is 225 Å². The average molecular weight is 529 g/mol. The summed E-state index contributed by atoms with van der Waals surface area (Å²) in [4.78, 5) is 33.1. The molecule has 1 N–H and O–H groups in total. The largest absolute Gasteiger partial charge is 0.507 e. The molecule has 0 aliphatic carbocycles. The Morgan fingerprint density at radius 1 is 1.05 bits per heavy atom. The van der Waals surface area contributed by atoms with Crippen molar-refractivity contribution in [1.29, 1.82) is 0 Å². The summed E-state index contributed by atoms with van der Waals surface area (Å²) in [5.74, 6) is -0.520. The van der Waals surface area contributed by atoms with Gasteiger partial charge in [0.05, 0.1) is 35.5 Å². The van der Waals surface area contributed by atoms with Crippen LogP contribution in [0.5, 0.6) is 11.5 Å². The molecule has 4 aromatic rings. The lowest BCUT2D eigenvalue weighted by Crippen LogP contribution is -2.29. The van der Waals surface area contributed by atoms with Crippen LogP contribution in [0.15, 0.2) is 72.3 Å². The van der Waals surface area contributed by atoms with Crippen molar-refractivity contribution in [1.82, 2.24) is 4.98 Å². The normalized spacial score (nSPS) is 16.8. The number of hydrogen-bond acceptors (Lipinski definition) is 7. The number of rotatable bonds is 8. The van der Waals surface area contributed by atoms with Crippen LogP contribution in [0.1, 0.15) is 42.5 Å². The Bertz CT molecular complexity index is 1540. The van der Waals surface area contributed by atoms with E-state index in [0.29, 0.717) is 34.4 Å². The Kier molecular flexibility index (Phi) is 7.15. The van der Waals surface area contributed by atoms with Crippen molar-refractivity contribution in [2.75, 3.05) is 18.6 Å². The second kappa shape index (κ2) is 10.7. The highest BCUT2D eigenvalue weighted by Gasteiger charge is 2.48. The summed E-state index contributed by atoms with van der Waals surface area (Å²) >= 11 is 1.34. The standard InChI is InChI=1S/C30H28N2O5S/c1-4-5-15-37-22-8-6-7-20(17-22)26-25(27(33)19-10-12-21(36-3)13-11-19)28(34)29(35)32(26)30-31-23-14-9-18(2)16-24(23)38-30/h6-14,16-17,26,33H,4-5,15H2,1-3H3/b27-25+. The molecule has 2 heterocycles. The third kappa shape index (κ3) is 4.75. The van der Waals surface area contributed by atoms with Gasteiger partial charge >= 0.3 is 5.91 Å². The molecular weight excluding hydrogens is 500 g/mol. The van der Waals surface area contributed by atoms with Crippen molar-refractivity contribution in [2.45, 2.75) is 32.7 Å². The van der Waals surface area contributed by atoms with Crippen molar-refractivity contribution < 1.29 is 24.2 Å². The van der Waals surface area contributed by atoms with Crippen molar-refractivity contribution in [3.05, 3.63) is 89.0 Å². The minimum atomic E-state index is -0.881. The summed E-state index contributed by atoms with van der Waals surface area (Å²) in [6, 6.07) is 19.0. The number of unbranched alkanes of at least 4 members (excludes halogenated alkanes) is 1. The van der Waals surface area contributed by atoms with Gasteiger partial charge in [-0.3, -0.25) is 14.5 Å². The lowest BCUT2D eigenvalue weighted by atomic mass is 9.95. The van der Waals surface area contributed by atoms with Gasteiger partial charge < -0.3 is 14.6 Å². The van der Waals surface area contributed by atoms with E-state index in [1.807, 2.05) is 49.4 Å². The third-order valence-electron chi connectivity index (χ3n) is 6.49. The summed E-state index contributed by atoms with van der Waals surface area (Å²) in [6.45, 7) is 4.64. The predicted molar refractivity (Wildman–Crippen MR) is 149 cm³/mol. The van der Waals surface area contributed by atoms with Crippen molar-refractivity contribution >= 4 is 44.1 Å². The molecule has 194 valence electrons. The van der Waals surface area contributed by atoms with E-state index >= 15 is 0 Å². The van der Waals surface area contributed by atoms with Crippen molar-refractivity contribution in [3.8, 4) is 11.5 Å². The number of carbonyl (C=O) groups is 2.